The average Bonchev–Trinajstić information content (AvgIpc) is 2.68. The minimum Gasteiger partial charge on any atom is -0.488 e. The van der Waals surface area contributed by atoms with Crippen molar-refractivity contribution in [3.63, 3.8) is 0 Å². The summed E-state index contributed by atoms with van der Waals surface area (Å²) >= 11 is 8.52. The maximum absolute atomic E-state index is 12.6. The molecule has 2 aromatic rings. The molecule has 0 unspecified atom stereocenters. The summed E-state index contributed by atoms with van der Waals surface area (Å²) < 4.78 is 6.55. The Morgan fingerprint density at radius 1 is 1.18 bits per heavy atom. The van der Waals surface area contributed by atoms with Gasteiger partial charge in [0, 0.05) is 6.54 Å². The van der Waals surface area contributed by atoms with Gasteiger partial charge in [0.2, 0.25) is 0 Å². The Labute approximate surface area is 176 Å². The topological polar surface area (TPSA) is 58.6 Å². The van der Waals surface area contributed by atoms with Crippen LogP contribution in [0.15, 0.2) is 71.2 Å². The third kappa shape index (κ3) is 4.55. The molecule has 2 aromatic carbocycles. The summed E-state index contributed by atoms with van der Waals surface area (Å²) in [5.41, 5.74) is 1.76. The van der Waals surface area contributed by atoms with E-state index in [0.717, 1.165) is 10.0 Å². The Kier molecular flexibility index (Phi) is 6.38. The molecule has 0 saturated carbocycles. The van der Waals surface area contributed by atoms with Crippen LogP contribution in [0.1, 0.15) is 11.1 Å². The minimum atomic E-state index is -0.518. The molecule has 0 spiro atoms. The van der Waals surface area contributed by atoms with Crippen LogP contribution in [0.2, 0.25) is 0 Å². The van der Waals surface area contributed by atoms with Crippen LogP contribution in [0.5, 0.6) is 5.75 Å². The van der Waals surface area contributed by atoms with Crippen LogP contribution in [0.4, 0.5) is 0 Å². The highest BCUT2D eigenvalue weighted by molar-refractivity contribution is 9.10. The monoisotopic (exact) mass is 456 g/mol. The number of nitrogens with zero attached hydrogens (tertiary/aromatic N) is 1. The number of carbonyl (C=O) groups excluding carboxylic acids is 2. The summed E-state index contributed by atoms with van der Waals surface area (Å²) in [7, 11) is 0. The van der Waals surface area contributed by atoms with Gasteiger partial charge in [0.15, 0.2) is 5.11 Å². The third-order valence-electron chi connectivity index (χ3n) is 4.00. The zero-order valence-corrected chi connectivity index (χ0v) is 17.3. The van der Waals surface area contributed by atoms with Gasteiger partial charge in [0.1, 0.15) is 17.9 Å². The second-order valence-electron chi connectivity index (χ2n) is 5.99. The smallest absolute Gasteiger partial charge is 0.265 e. The average molecular weight is 457 g/mol. The first-order valence-corrected chi connectivity index (χ1v) is 9.65. The van der Waals surface area contributed by atoms with Gasteiger partial charge in [-0.05, 0) is 57.5 Å². The number of benzene rings is 2. The van der Waals surface area contributed by atoms with E-state index in [1.54, 1.807) is 24.3 Å². The molecule has 1 aliphatic rings. The number of rotatable bonds is 6. The Balaban J connectivity index is 1.79. The second-order valence-corrected chi connectivity index (χ2v) is 7.23. The molecule has 0 aliphatic carbocycles. The number of carbonyl (C=O) groups is 2. The fourth-order valence-corrected chi connectivity index (χ4v) is 3.38. The molecule has 5 nitrogen and oxygen atoms in total. The maximum Gasteiger partial charge on any atom is 0.265 e. The van der Waals surface area contributed by atoms with E-state index in [1.807, 2.05) is 30.3 Å². The van der Waals surface area contributed by atoms with E-state index < -0.39 is 11.8 Å². The van der Waals surface area contributed by atoms with E-state index >= 15 is 0 Å². The van der Waals surface area contributed by atoms with Crippen LogP contribution >= 0.6 is 28.1 Å². The largest absolute Gasteiger partial charge is 0.488 e. The first kappa shape index (κ1) is 20.0. The molecular formula is C21H17BrN2O3S. The van der Waals surface area contributed by atoms with Gasteiger partial charge in [-0.15, -0.1) is 6.58 Å². The van der Waals surface area contributed by atoms with Crippen molar-refractivity contribution in [3.8, 4) is 5.75 Å². The fraction of sp³-hybridized carbons (Fsp3) is 0.0952. The van der Waals surface area contributed by atoms with Gasteiger partial charge in [0.05, 0.1) is 4.47 Å². The van der Waals surface area contributed by atoms with E-state index in [1.165, 1.54) is 11.0 Å². The molecule has 1 heterocycles. The van der Waals surface area contributed by atoms with E-state index in [-0.39, 0.29) is 17.2 Å². The quantitative estimate of drug-likeness (QED) is 0.310. The summed E-state index contributed by atoms with van der Waals surface area (Å²) in [5.74, 6) is -0.301. The molecule has 2 amide bonds. The summed E-state index contributed by atoms with van der Waals surface area (Å²) in [6.45, 7) is 4.27. The Hall–Kier alpha value is -2.77. The van der Waals surface area contributed by atoms with Crippen molar-refractivity contribution in [1.82, 2.24) is 10.2 Å². The van der Waals surface area contributed by atoms with Gasteiger partial charge < -0.3 is 4.74 Å². The summed E-state index contributed by atoms with van der Waals surface area (Å²) in [5, 5.41) is 2.61. The minimum absolute atomic E-state index is 0.0142. The predicted octanol–water partition coefficient (Wildman–Crippen LogP) is 3.84. The number of hydrogen-bond donors (Lipinski definition) is 1. The number of amides is 2. The Bertz CT molecular complexity index is 973. The second kappa shape index (κ2) is 8.95. The molecule has 1 N–H and O–H groups in total. The van der Waals surface area contributed by atoms with Crippen molar-refractivity contribution in [3.05, 3.63) is 82.4 Å². The zero-order valence-electron chi connectivity index (χ0n) is 14.9. The lowest BCUT2D eigenvalue weighted by Gasteiger charge is -2.27. The van der Waals surface area contributed by atoms with Crippen molar-refractivity contribution in [2.24, 2.45) is 0 Å². The van der Waals surface area contributed by atoms with Gasteiger partial charge in [-0.1, -0.05) is 42.5 Å². The zero-order chi connectivity index (χ0) is 20.1. The van der Waals surface area contributed by atoms with E-state index in [4.69, 9.17) is 17.0 Å². The van der Waals surface area contributed by atoms with Gasteiger partial charge in [-0.3, -0.25) is 19.8 Å². The number of thiocarbonyl (C=S) groups is 1. The van der Waals surface area contributed by atoms with Crippen molar-refractivity contribution in [2.75, 3.05) is 6.54 Å². The first-order chi connectivity index (χ1) is 13.5. The molecule has 0 aromatic heterocycles. The number of ether oxygens (including phenoxy) is 1. The molecule has 1 saturated heterocycles. The van der Waals surface area contributed by atoms with Crippen molar-refractivity contribution < 1.29 is 14.3 Å². The Morgan fingerprint density at radius 3 is 2.61 bits per heavy atom. The number of halogens is 1. The normalized spacial score (nSPS) is 15.5. The Morgan fingerprint density at radius 2 is 1.93 bits per heavy atom. The predicted molar refractivity (Wildman–Crippen MR) is 116 cm³/mol. The van der Waals surface area contributed by atoms with E-state index in [9.17, 15) is 9.59 Å². The lowest BCUT2D eigenvalue weighted by atomic mass is 10.1. The molecule has 0 atom stereocenters. The number of hydrogen-bond acceptors (Lipinski definition) is 4. The van der Waals surface area contributed by atoms with Crippen molar-refractivity contribution in [2.45, 2.75) is 6.61 Å². The van der Waals surface area contributed by atoms with E-state index in [0.29, 0.717) is 17.9 Å². The molecule has 1 aliphatic heterocycles. The van der Waals surface area contributed by atoms with Crippen LogP contribution in [0, 0.1) is 0 Å². The molecule has 0 radical (unpaired) electrons. The van der Waals surface area contributed by atoms with E-state index in [2.05, 4.69) is 27.8 Å². The molecule has 28 heavy (non-hydrogen) atoms. The molecule has 142 valence electrons. The summed E-state index contributed by atoms with van der Waals surface area (Å²) in [4.78, 5) is 26.1. The fourth-order valence-electron chi connectivity index (χ4n) is 2.61. The summed E-state index contributed by atoms with van der Waals surface area (Å²) in [6, 6.07) is 15.2. The first-order valence-electron chi connectivity index (χ1n) is 8.45. The van der Waals surface area contributed by atoms with Gasteiger partial charge in [-0.2, -0.15) is 0 Å². The standard InChI is InChI=1S/C21H17BrN2O3S/c1-2-10-24-20(26)16(19(25)23-21(24)28)11-15-8-9-18(17(22)12-15)27-13-14-6-4-3-5-7-14/h2-9,11-12H,1,10,13H2,(H,23,25,28). The van der Waals surface area contributed by atoms with Crippen LogP contribution in [0.3, 0.4) is 0 Å². The van der Waals surface area contributed by atoms with Crippen molar-refractivity contribution in [1.29, 1.82) is 0 Å². The van der Waals surface area contributed by atoms with Crippen LogP contribution in [-0.4, -0.2) is 28.4 Å². The van der Waals surface area contributed by atoms with Gasteiger partial charge in [0.25, 0.3) is 11.8 Å². The SMILES string of the molecule is C=CCN1C(=O)C(=Cc2ccc(OCc3ccccc3)c(Br)c2)C(=O)NC1=S. The molecule has 1 fully saturated rings. The van der Waals surface area contributed by atoms with Crippen LogP contribution in [-0.2, 0) is 16.2 Å². The lowest BCUT2D eigenvalue weighted by molar-refractivity contribution is -0.128. The molecule has 7 heteroatoms. The van der Waals surface area contributed by atoms with Gasteiger partial charge in [-0.25, -0.2) is 0 Å². The highest BCUT2D eigenvalue weighted by Gasteiger charge is 2.32. The summed E-state index contributed by atoms with van der Waals surface area (Å²) in [6.07, 6.45) is 3.08. The molecule has 3 rings (SSSR count). The molecule has 0 bridgehead atoms. The van der Waals surface area contributed by atoms with Gasteiger partial charge >= 0.3 is 0 Å². The van der Waals surface area contributed by atoms with Crippen LogP contribution in [0.25, 0.3) is 6.08 Å². The highest BCUT2D eigenvalue weighted by Crippen LogP contribution is 2.28. The maximum atomic E-state index is 12.6. The molecular weight excluding hydrogens is 440 g/mol. The lowest BCUT2D eigenvalue weighted by Crippen LogP contribution is -2.53. The highest BCUT2D eigenvalue weighted by atomic mass is 79.9. The van der Waals surface area contributed by atoms with Crippen molar-refractivity contribution >= 4 is 51.2 Å². The third-order valence-corrected chi connectivity index (χ3v) is 4.94. The number of nitrogens with one attached hydrogen (secondary N) is 1. The van der Waals surface area contributed by atoms with Crippen LogP contribution < -0.4 is 10.1 Å².